The number of allylic oxidation sites excluding steroid dienone is 1. The van der Waals surface area contributed by atoms with E-state index in [0.29, 0.717) is 19.8 Å². The highest BCUT2D eigenvalue weighted by Gasteiger charge is 2.37. The number of rotatable bonds is 11. The van der Waals surface area contributed by atoms with Gasteiger partial charge in [-0.3, -0.25) is 0 Å². The molecule has 0 aliphatic heterocycles. The fourth-order valence-corrected chi connectivity index (χ4v) is 3.81. The standard InChI is InChI=1S/C13H28O3Si/c1-5-9-10-11-12-13-17(14-6-2,15-7-3)16-8-4/h12-13H,5-11H2,1-4H3. The van der Waals surface area contributed by atoms with E-state index in [2.05, 4.69) is 13.0 Å². The predicted molar refractivity (Wildman–Crippen MR) is 73.9 cm³/mol. The fourth-order valence-electron chi connectivity index (χ4n) is 1.61. The predicted octanol–water partition coefficient (Wildman–Crippen LogP) is 3.71. The number of hydrogen-bond donors (Lipinski definition) is 0. The molecule has 0 saturated carbocycles. The third kappa shape index (κ3) is 7.71. The van der Waals surface area contributed by atoms with Crippen molar-refractivity contribution in [3.8, 4) is 0 Å². The Kier molecular flexibility index (Phi) is 10.9. The molecule has 0 aromatic carbocycles. The Morgan fingerprint density at radius 1 is 0.824 bits per heavy atom. The summed E-state index contributed by atoms with van der Waals surface area (Å²) in [6.07, 6.45) is 6.98. The number of unbranched alkanes of at least 4 members (excludes halogenated alkanes) is 3. The highest BCUT2D eigenvalue weighted by atomic mass is 28.4. The molecule has 0 N–H and O–H groups in total. The van der Waals surface area contributed by atoms with Gasteiger partial charge in [0.1, 0.15) is 0 Å². The normalized spacial score (nSPS) is 12.5. The number of hydrogen-bond acceptors (Lipinski definition) is 3. The van der Waals surface area contributed by atoms with Gasteiger partial charge in [0, 0.05) is 19.8 Å². The first-order valence-corrected chi connectivity index (χ1v) is 8.64. The van der Waals surface area contributed by atoms with Crippen LogP contribution in [-0.4, -0.2) is 28.6 Å². The molecule has 4 heteroatoms. The summed E-state index contributed by atoms with van der Waals surface area (Å²) in [6.45, 7) is 10.0. The van der Waals surface area contributed by atoms with Gasteiger partial charge in [-0.25, -0.2) is 0 Å². The van der Waals surface area contributed by atoms with Gasteiger partial charge in [-0.05, 0) is 39.3 Å². The molecule has 0 bridgehead atoms. The van der Waals surface area contributed by atoms with Crippen molar-refractivity contribution in [3.05, 3.63) is 11.8 Å². The summed E-state index contributed by atoms with van der Waals surface area (Å²) in [5, 5.41) is 0. The maximum Gasteiger partial charge on any atom is 0.529 e. The first kappa shape index (κ1) is 16.8. The molecule has 0 heterocycles. The van der Waals surface area contributed by atoms with E-state index < -0.39 is 8.80 Å². The van der Waals surface area contributed by atoms with Gasteiger partial charge < -0.3 is 13.3 Å². The first-order valence-electron chi connectivity index (χ1n) is 6.84. The van der Waals surface area contributed by atoms with Crippen molar-refractivity contribution >= 4 is 8.80 Å². The monoisotopic (exact) mass is 260 g/mol. The molecule has 0 radical (unpaired) electrons. The average Bonchev–Trinajstić information content (AvgIpc) is 2.30. The molecule has 0 aromatic heterocycles. The van der Waals surface area contributed by atoms with Crippen molar-refractivity contribution in [2.45, 2.75) is 53.4 Å². The van der Waals surface area contributed by atoms with Gasteiger partial charge in [0.2, 0.25) is 0 Å². The molecule has 0 aromatic rings. The zero-order valence-electron chi connectivity index (χ0n) is 11.8. The van der Waals surface area contributed by atoms with Crippen LogP contribution in [-0.2, 0) is 13.3 Å². The van der Waals surface area contributed by atoms with Crippen molar-refractivity contribution in [2.24, 2.45) is 0 Å². The van der Waals surface area contributed by atoms with Crippen LogP contribution in [0, 0.1) is 0 Å². The zero-order valence-corrected chi connectivity index (χ0v) is 12.8. The van der Waals surface area contributed by atoms with E-state index in [1.807, 2.05) is 26.5 Å². The highest BCUT2D eigenvalue weighted by Crippen LogP contribution is 2.13. The molecule has 102 valence electrons. The Bertz CT molecular complexity index is 178. The van der Waals surface area contributed by atoms with Gasteiger partial charge in [-0.15, -0.1) is 0 Å². The van der Waals surface area contributed by atoms with Crippen molar-refractivity contribution in [1.29, 1.82) is 0 Å². The summed E-state index contributed by atoms with van der Waals surface area (Å²) < 4.78 is 17.2. The summed E-state index contributed by atoms with van der Waals surface area (Å²) in [5.41, 5.74) is 2.04. The summed E-state index contributed by atoms with van der Waals surface area (Å²) in [6, 6.07) is 0. The van der Waals surface area contributed by atoms with E-state index in [4.69, 9.17) is 13.3 Å². The van der Waals surface area contributed by atoms with Gasteiger partial charge in [0.15, 0.2) is 0 Å². The van der Waals surface area contributed by atoms with E-state index >= 15 is 0 Å². The molecule has 0 saturated heterocycles. The minimum absolute atomic E-state index is 0.630. The average molecular weight is 260 g/mol. The van der Waals surface area contributed by atoms with Crippen molar-refractivity contribution in [2.75, 3.05) is 19.8 Å². The van der Waals surface area contributed by atoms with Gasteiger partial charge in [0.25, 0.3) is 0 Å². The van der Waals surface area contributed by atoms with Crippen LogP contribution in [0.25, 0.3) is 0 Å². The Labute approximate surface area is 108 Å². The Morgan fingerprint density at radius 2 is 1.35 bits per heavy atom. The molecule has 0 fully saturated rings. The van der Waals surface area contributed by atoms with Crippen molar-refractivity contribution in [1.82, 2.24) is 0 Å². The molecule has 0 spiro atoms. The Balaban J connectivity index is 4.31. The maximum absolute atomic E-state index is 5.72. The van der Waals surface area contributed by atoms with Crippen molar-refractivity contribution < 1.29 is 13.3 Å². The molecular formula is C13H28O3Si. The second-order valence-corrected chi connectivity index (χ2v) is 6.21. The second-order valence-electron chi connectivity index (χ2n) is 3.80. The third-order valence-electron chi connectivity index (χ3n) is 2.33. The lowest BCUT2D eigenvalue weighted by molar-refractivity contribution is 0.0842. The second kappa shape index (κ2) is 11.0. The molecule has 0 rings (SSSR count). The van der Waals surface area contributed by atoms with Gasteiger partial charge in [-0.2, -0.15) is 0 Å². The summed E-state index contributed by atoms with van der Waals surface area (Å²) in [4.78, 5) is 0. The molecule has 3 nitrogen and oxygen atoms in total. The quantitative estimate of drug-likeness (QED) is 0.419. The van der Waals surface area contributed by atoms with Crippen LogP contribution in [0.2, 0.25) is 0 Å². The van der Waals surface area contributed by atoms with Crippen LogP contribution < -0.4 is 0 Å². The lowest BCUT2D eigenvalue weighted by Gasteiger charge is -2.25. The van der Waals surface area contributed by atoms with E-state index in [9.17, 15) is 0 Å². The lowest BCUT2D eigenvalue weighted by atomic mass is 10.2. The van der Waals surface area contributed by atoms with Crippen LogP contribution in [0.4, 0.5) is 0 Å². The minimum Gasteiger partial charge on any atom is -0.371 e. The summed E-state index contributed by atoms with van der Waals surface area (Å²) in [5.74, 6) is 0. The molecular weight excluding hydrogens is 232 g/mol. The fraction of sp³-hybridized carbons (Fsp3) is 0.846. The lowest BCUT2D eigenvalue weighted by Crippen LogP contribution is -2.44. The van der Waals surface area contributed by atoms with Gasteiger partial charge >= 0.3 is 8.80 Å². The maximum atomic E-state index is 5.72. The Hall–Kier alpha value is -0.163. The highest BCUT2D eigenvalue weighted by molar-refractivity contribution is 6.66. The van der Waals surface area contributed by atoms with Crippen molar-refractivity contribution in [3.63, 3.8) is 0 Å². The van der Waals surface area contributed by atoms with E-state index in [-0.39, 0.29) is 0 Å². The van der Waals surface area contributed by atoms with E-state index in [1.54, 1.807) is 0 Å². The van der Waals surface area contributed by atoms with Crippen LogP contribution >= 0.6 is 0 Å². The Morgan fingerprint density at radius 3 is 1.76 bits per heavy atom. The summed E-state index contributed by atoms with van der Waals surface area (Å²) in [7, 11) is -2.54. The zero-order chi connectivity index (χ0) is 13.0. The molecule has 17 heavy (non-hydrogen) atoms. The molecule has 0 aliphatic carbocycles. The first-order chi connectivity index (χ1) is 8.24. The third-order valence-corrected chi connectivity index (χ3v) is 5.05. The molecule has 0 unspecified atom stereocenters. The summed E-state index contributed by atoms with van der Waals surface area (Å²) >= 11 is 0. The molecule has 0 aliphatic rings. The molecule has 0 atom stereocenters. The largest absolute Gasteiger partial charge is 0.529 e. The smallest absolute Gasteiger partial charge is 0.371 e. The molecule has 0 amide bonds. The van der Waals surface area contributed by atoms with Crippen LogP contribution in [0.1, 0.15) is 53.4 Å². The van der Waals surface area contributed by atoms with E-state index in [1.165, 1.54) is 19.3 Å². The van der Waals surface area contributed by atoms with Gasteiger partial charge in [0.05, 0.1) is 0 Å². The minimum atomic E-state index is -2.54. The van der Waals surface area contributed by atoms with Crippen LogP contribution in [0.3, 0.4) is 0 Å². The topological polar surface area (TPSA) is 27.7 Å². The van der Waals surface area contributed by atoms with E-state index in [0.717, 1.165) is 6.42 Å². The SMILES string of the molecule is CCCCCC=C[Si](OCC)(OCC)OCC. The van der Waals surface area contributed by atoms with Crippen LogP contribution in [0.5, 0.6) is 0 Å². The van der Waals surface area contributed by atoms with Crippen LogP contribution in [0.15, 0.2) is 11.8 Å². The van der Waals surface area contributed by atoms with Gasteiger partial charge in [-0.1, -0.05) is 25.8 Å².